The van der Waals surface area contributed by atoms with Crippen molar-refractivity contribution in [2.24, 2.45) is 0 Å². The molecule has 0 saturated carbocycles. The molecule has 0 radical (unpaired) electrons. The molecule has 0 amide bonds. The van der Waals surface area contributed by atoms with Crippen molar-refractivity contribution in [3.63, 3.8) is 0 Å². The smallest absolute Gasteiger partial charge is 0.134 e. The van der Waals surface area contributed by atoms with Gasteiger partial charge in [0, 0.05) is 26.3 Å². The first-order valence-electron chi connectivity index (χ1n) is 7.70. The van der Waals surface area contributed by atoms with Gasteiger partial charge in [-0.05, 0) is 35.9 Å². The Kier molecular flexibility index (Phi) is 4.29. The molecule has 3 aromatic rings. The predicted molar refractivity (Wildman–Crippen MR) is 99.6 cm³/mol. The maximum atomic E-state index is 4.71. The minimum Gasteiger partial charge on any atom is -0.378 e. The number of allylic oxidation sites excluding steroid dienone is 1. The second kappa shape index (κ2) is 6.53. The molecular formula is C20H21N3. The number of anilines is 1. The molecule has 116 valence electrons. The van der Waals surface area contributed by atoms with Gasteiger partial charge in [0.05, 0.1) is 11.0 Å². The zero-order valence-electron chi connectivity index (χ0n) is 13.6. The van der Waals surface area contributed by atoms with Gasteiger partial charge in [-0.1, -0.05) is 36.4 Å². The fraction of sp³-hybridized carbons (Fsp3) is 0.150. The van der Waals surface area contributed by atoms with Crippen molar-refractivity contribution in [2.45, 2.75) is 6.54 Å². The highest BCUT2D eigenvalue weighted by atomic mass is 15.1. The average molecular weight is 303 g/mol. The third-order valence-electron chi connectivity index (χ3n) is 3.83. The molecule has 1 heterocycles. The fourth-order valence-corrected chi connectivity index (χ4v) is 2.60. The molecular weight excluding hydrogens is 282 g/mol. The number of rotatable bonds is 5. The van der Waals surface area contributed by atoms with Crippen LogP contribution in [0.1, 0.15) is 11.4 Å². The van der Waals surface area contributed by atoms with Crippen LogP contribution in [0.2, 0.25) is 0 Å². The van der Waals surface area contributed by atoms with E-state index in [0.29, 0.717) is 0 Å². The van der Waals surface area contributed by atoms with Crippen LogP contribution in [0.3, 0.4) is 0 Å². The van der Waals surface area contributed by atoms with Crippen LogP contribution in [0.4, 0.5) is 5.69 Å². The van der Waals surface area contributed by atoms with Crippen LogP contribution in [0, 0.1) is 0 Å². The number of hydrogen-bond acceptors (Lipinski definition) is 2. The molecule has 0 aliphatic carbocycles. The largest absolute Gasteiger partial charge is 0.378 e. The Morgan fingerprint density at radius 3 is 2.48 bits per heavy atom. The number of aromatic nitrogens is 2. The zero-order chi connectivity index (χ0) is 16.2. The van der Waals surface area contributed by atoms with Gasteiger partial charge >= 0.3 is 0 Å². The number of nitrogens with zero attached hydrogens (tertiary/aromatic N) is 3. The van der Waals surface area contributed by atoms with Crippen molar-refractivity contribution in [3.05, 3.63) is 72.6 Å². The van der Waals surface area contributed by atoms with Gasteiger partial charge in [0.1, 0.15) is 5.82 Å². The summed E-state index contributed by atoms with van der Waals surface area (Å²) in [6.07, 6.45) is 6.06. The lowest BCUT2D eigenvalue weighted by Gasteiger charge is -2.11. The Morgan fingerprint density at radius 2 is 1.78 bits per heavy atom. The number of para-hydroxylation sites is 2. The van der Waals surface area contributed by atoms with E-state index in [9.17, 15) is 0 Å². The Bertz CT molecular complexity index is 839. The summed E-state index contributed by atoms with van der Waals surface area (Å²) in [5, 5.41) is 0. The van der Waals surface area contributed by atoms with E-state index < -0.39 is 0 Å². The van der Waals surface area contributed by atoms with E-state index in [1.54, 1.807) is 0 Å². The maximum Gasteiger partial charge on any atom is 0.134 e. The van der Waals surface area contributed by atoms with Crippen molar-refractivity contribution in [2.75, 3.05) is 19.0 Å². The normalized spacial score (nSPS) is 11.2. The van der Waals surface area contributed by atoms with Crippen molar-refractivity contribution in [1.82, 2.24) is 9.55 Å². The molecule has 0 aliphatic rings. The molecule has 0 atom stereocenters. The summed E-state index contributed by atoms with van der Waals surface area (Å²) in [5.41, 5.74) is 4.50. The monoisotopic (exact) mass is 303 g/mol. The lowest BCUT2D eigenvalue weighted by Crippen LogP contribution is -2.07. The summed E-state index contributed by atoms with van der Waals surface area (Å²) in [5.74, 6) is 0.947. The zero-order valence-corrected chi connectivity index (χ0v) is 13.6. The molecule has 0 fully saturated rings. The lowest BCUT2D eigenvalue weighted by molar-refractivity contribution is 0.839. The summed E-state index contributed by atoms with van der Waals surface area (Å²) in [7, 11) is 4.09. The van der Waals surface area contributed by atoms with E-state index in [4.69, 9.17) is 4.98 Å². The third-order valence-corrected chi connectivity index (χ3v) is 3.83. The Labute approximate surface area is 137 Å². The van der Waals surface area contributed by atoms with Crippen LogP contribution < -0.4 is 4.90 Å². The van der Waals surface area contributed by atoms with Gasteiger partial charge in [-0.2, -0.15) is 0 Å². The molecule has 0 spiro atoms. The Morgan fingerprint density at radius 1 is 1.04 bits per heavy atom. The number of imidazole rings is 1. The second-order valence-electron chi connectivity index (χ2n) is 5.68. The molecule has 0 N–H and O–H groups in total. The molecule has 3 rings (SSSR count). The highest BCUT2D eigenvalue weighted by Crippen LogP contribution is 2.19. The van der Waals surface area contributed by atoms with Gasteiger partial charge < -0.3 is 9.47 Å². The van der Waals surface area contributed by atoms with Crippen LogP contribution in [0.25, 0.3) is 23.2 Å². The lowest BCUT2D eigenvalue weighted by atomic mass is 10.2. The van der Waals surface area contributed by atoms with Crippen molar-refractivity contribution < 1.29 is 0 Å². The topological polar surface area (TPSA) is 21.1 Å². The maximum absolute atomic E-state index is 4.71. The van der Waals surface area contributed by atoms with E-state index in [1.165, 1.54) is 5.69 Å². The standard InChI is InChI=1S/C20H21N3/c1-4-15-23-19-8-6-5-7-18(19)21-20(23)14-11-16-9-12-17(13-10-16)22(2)3/h4-14H,1,15H2,2-3H3/b14-11+. The molecule has 23 heavy (non-hydrogen) atoms. The van der Waals surface area contributed by atoms with Crippen LogP contribution >= 0.6 is 0 Å². The van der Waals surface area contributed by atoms with Crippen LogP contribution in [-0.4, -0.2) is 23.6 Å². The molecule has 0 saturated heterocycles. The highest BCUT2D eigenvalue weighted by molar-refractivity contribution is 5.80. The highest BCUT2D eigenvalue weighted by Gasteiger charge is 2.06. The van der Waals surface area contributed by atoms with Gasteiger partial charge in [-0.3, -0.25) is 0 Å². The molecule has 3 nitrogen and oxygen atoms in total. The molecule has 3 heteroatoms. The summed E-state index contributed by atoms with van der Waals surface area (Å²) in [6.45, 7) is 4.60. The van der Waals surface area contributed by atoms with Gasteiger partial charge in [0.25, 0.3) is 0 Å². The summed E-state index contributed by atoms with van der Waals surface area (Å²) >= 11 is 0. The van der Waals surface area contributed by atoms with Gasteiger partial charge in [0.15, 0.2) is 0 Å². The van der Waals surface area contributed by atoms with Crippen LogP contribution in [0.15, 0.2) is 61.2 Å². The predicted octanol–water partition coefficient (Wildman–Crippen LogP) is 4.46. The Hall–Kier alpha value is -2.81. The first kappa shape index (κ1) is 15.1. The average Bonchev–Trinajstić information content (AvgIpc) is 2.92. The van der Waals surface area contributed by atoms with E-state index in [-0.39, 0.29) is 0 Å². The van der Waals surface area contributed by atoms with Gasteiger partial charge in [-0.25, -0.2) is 4.98 Å². The summed E-state index contributed by atoms with van der Waals surface area (Å²) in [6, 6.07) is 16.7. The first-order valence-corrected chi connectivity index (χ1v) is 7.70. The summed E-state index contributed by atoms with van der Waals surface area (Å²) in [4.78, 5) is 6.81. The quantitative estimate of drug-likeness (QED) is 0.649. The van der Waals surface area contributed by atoms with Crippen molar-refractivity contribution >= 4 is 28.9 Å². The van der Waals surface area contributed by atoms with E-state index in [2.05, 4.69) is 58.5 Å². The summed E-state index contributed by atoms with van der Waals surface area (Å²) < 4.78 is 2.17. The fourth-order valence-electron chi connectivity index (χ4n) is 2.60. The van der Waals surface area contributed by atoms with Crippen molar-refractivity contribution in [1.29, 1.82) is 0 Å². The minimum atomic E-state index is 0.750. The van der Waals surface area contributed by atoms with E-state index in [0.717, 1.165) is 29.0 Å². The van der Waals surface area contributed by atoms with E-state index in [1.807, 2.05) is 38.4 Å². The number of hydrogen-bond donors (Lipinski definition) is 0. The van der Waals surface area contributed by atoms with Crippen molar-refractivity contribution in [3.8, 4) is 0 Å². The third kappa shape index (κ3) is 3.19. The SMILES string of the molecule is C=CCn1c(/C=C/c2ccc(N(C)C)cc2)nc2ccccc21. The van der Waals surface area contributed by atoms with Gasteiger partial charge in [-0.15, -0.1) is 6.58 Å². The molecule has 1 aromatic heterocycles. The second-order valence-corrected chi connectivity index (χ2v) is 5.68. The molecule has 0 bridgehead atoms. The van der Waals surface area contributed by atoms with Gasteiger partial charge in [0.2, 0.25) is 0 Å². The Balaban J connectivity index is 1.93. The molecule has 2 aromatic carbocycles. The molecule has 0 unspecified atom stereocenters. The minimum absolute atomic E-state index is 0.750. The van der Waals surface area contributed by atoms with E-state index >= 15 is 0 Å². The van der Waals surface area contributed by atoms with Crippen LogP contribution in [-0.2, 0) is 6.54 Å². The van der Waals surface area contributed by atoms with Crippen LogP contribution in [0.5, 0.6) is 0 Å². The first-order chi connectivity index (χ1) is 11.2. The number of fused-ring (bicyclic) bond motifs is 1. The number of benzene rings is 2. The molecule has 0 aliphatic heterocycles.